The molecule has 2 aromatic rings. The van der Waals surface area contributed by atoms with Crippen LogP contribution in [0, 0.1) is 0 Å². The number of carbonyl (C=O) groups excluding carboxylic acids is 1. The van der Waals surface area contributed by atoms with E-state index in [1.165, 1.54) is 0 Å². The van der Waals surface area contributed by atoms with Crippen LogP contribution in [0.15, 0.2) is 48.5 Å². The summed E-state index contributed by atoms with van der Waals surface area (Å²) in [6.07, 6.45) is 1.61. The van der Waals surface area contributed by atoms with Crippen LogP contribution in [0.2, 0.25) is 0 Å². The third-order valence-electron chi connectivity index (χ3n) is 3.98. The van der Waals surface area contributed by atoms with Gasteiger partial charge in [0.05, 0.1) is 12.4 Å². The highest BCUT2D eigenvalue weighted by Crippen LogP contribution is 2.19. The predicted octanol–water partition coefficient (Wildman–Crippen LogP) is 3.21. The zero-order chi connectivity index (χ0) is 19.7. The lowest BCUT2D eigenvalue weighted by Crippen LogP contribution is -2.24. The standard InChI is InChI=1S/C20H26N2O4S/c1-3-26-19-10-6-5-8-16(19)9-7-15-21-20(23)17-11-13-18(14-12-17)22-27(24,25)4-2/h5-6,8,10-14,22H,3-4,7,9,15H2,1-2H3,(H,21,23). The van der Waals surface area contributed by atoms with E-state index < -0.39 is 10.0 Å². The molecule has 0 heterocycles. The molecule has 0 bridgehead atoms. The van der Waals surface area contributed by atoms with E-state index in [9.17, 15) is 13.2 Å². The molecule has 0 saturated carbocycles. The number of ether oxygens (including phenoxy) is 1. The van der Waals surface area contributed by atoms with Crippen LogP contribution in [0.25, 0.3) is 0 Å². The molecule has 0 radical (unpaired) electrons. The molecule has 2 rings (SSSR count). The van der Waals surface area contributed by atoms with E-state index in [1.54, 1.807) is 31.2 Å². The van der Waals surface area contributed by atoms with Gasteiger partial charge in [-0.25, -0.2) is 8.42 Å². The van der Waals surface area contributed by atoms with E-state index in [0.29, 0.717) is 24.4 Å². The molecule has 7 heteroatoms. The number of hydrogen-bond acceptors (Lipinski definition) is 4. The van der Waals surface area contributed by atoms with Crippen molar-refractivity contribution in [3.8, 4) is 5.75 Å². The van der Waals surface area contributed by atoms with Crippen molar-refractivity contribution in [1.29, 1.82) is 0 Å². The number of aryl methyl sites for hydroxylation is 1. The Morgan fingerprint density at radius 1 is 1.04 bits per heavy atom. The molecule has 0 aliphatic rings. The molecule has 2 N–H and O–H groups in total. The van der Waals surface area contributed by atoms with Crippen molar-refractivity contribution in [3.05, 3.63) is 59.7 Å². The van der Waals surface area contributed by atoms with Gasteiger partial charge in [-0.1, -0.05) is 18.2 Å². The van der Waals surface area contributed by atoms with Crippen molar-refractivity contribution >= 4 is 21.6 Å². The summed E-state index contributed by atoms with van der Waals surface area (Å²) in [5.41, 5.74) is 2.06. The molecule has 0 atom stereocenters. The van der Waals surface area contributed by atoms with E-state index in [-0.39, 0.29) is 11.7 Å². The quantitative estimate of drug-likeness (QED) is 0.610. The van der Waals surface area contributed by atoms with Gasteiger partial charge in [-0.05, 0) is 62.6 Å². The third kappa shape index (κ3) is 6.60. The molecular formula is C20H26N2O4S. The predicted molar refractivity (Wildman–Crippen MR) is 108 cm³/mol. The Kier molecular flexibility index (Phi) is 7.67. The summed E-state index contributed by atoms with van der Waals surface area (Å²) < 4.78 is 31.1. The van der Waals surface area contributed by atoms with E-state index in [0.717, 1.165) is 24.2 Å². The second kappa shape index (κ2) is 9.97. The van der Waals surface area contributed by atoms with Crippen molar-refractivity contribution in [2.45, 2.75) is 26.7 Å². The highest BCUT2D eigenvalue weighted by atomic mass is 32.2. The van der Waals surface area contributed by atoms with E-state index in [4.69, 9.17) is 4.74 Å². The topological polar surface area (TPSA) is 84.5 Å². The van der Waals surface area contributed by atoms with Crippen LogP contribution < -0.4 is 14.8 Å². The average Bonchev–Trinajstić information content (AvgIpc) is 2.67. The van der Waals surface area contributed by atoms with Gasteiger partial charge in [-0.2, -0.15) is 0 Å². The van der Waals surface area contributed by atoms with Crippen LogP contribution in [0.4, 0.5) is 5.69 Å². The van der Waals surface area contributed by atoms with Gasteiger partial charge in [0, 0.05) is 17.8 Å². The Labute approximate surface area is 161 Å². The number of rotatable bonds is 10. The first-order valence-electron chi connectivity index (χ1n) is 9.04. The molecule has 0 unspecified atom stereocenters. The molecule has 0 spiro atoms. The normalized spacial score (nSPS) is 11.0. The second-order valence-corrected chi connectivity index (χ2v) is 7.99. The number of benzene rings is 2. The molecule has 6 nitrogen and oxygen atoms in total. The molecule has 0 aliphatic carbocycles. The maximum Gasteiger partial charge on any atom is 0.251 e. The van der Waals surface area contributed by atoms with E-state index >= 15 is 0 Å². The first-order valence-corrected chi connectivity index (χ1v) is 10.7. The Morgan fingerprint density at radius 2 is 1.74 bits per heavy atom. The SMILES string of the molecule is CCOc1ccccc1CCCNC(=O)c1ccc(NS(=O)(=O)CC)cc1. The van der Waals surface area contributed by atoms with Gasteiger partial charge in [0.2, 0.25) is 10.0 Å². The Bertz CT molecular complexity index is 849. The minimum Gasteiger partial charge on any atom is -0.494 e. The lowest BCUT2D eigenvalue weighted by Gasteiger charge is -2.10. The average molecular weight is 391 g/mol. The Balaban J connectivity index is 1.82. The molecule has 0 saturated heterocycles. The molecule has 2 aromatic carbocycles. The van der Waals surface area contributed by atoms with Crippen LogP contribution in [0.1, 0.15) is 36.2 Å². The van der Waals surface area contributed by atoms with Crippen LogP contribution in [-0.4, -0.2) is 33.2 Å². The van der Waals surface area contributed by atoms with E-state index in [2.05, 4.69) is 10.0 Å². The van der Waals surface area contributed by atoms with Gasteiger partial charge >= 0.3 is 0 Å². The molecular weight excluding hydrogens is 364 g/mol. The smallest absolute Gasteiger partial charge is 0.251 e. The zero-order valence-electron chi connectivity index (χ0n) is 15.7. The summed E-state index contributed by atoms with van der Waals surface area (Å²) in [5, 5.41) is 2.88. The summed E-state index contributed by atoms with van der Waals surface area (Å²) in [5.74, 6) is 0.705. The maximum atomic E-state index is 12.2. The number of sulfonamides is 1. The van der Waals surface area contributed by atoms with Crippen molar-refractivity contribution in [1.82, 2.24) is 5.32 Å². The fourth-order valence-electron chi connectivity index (χ4n) is 2.53. The first kappa shape index (κ1) is 20.8. The van der Waals surface area contributed by atoms with Crippen LogP contribution >= 0.6 is 0 Å². The Morgan fingerprint density at radius 3 is 2.41 bits per heavy atom. The number of nitrogens with one attached hydrogen (secondary N) is 2. The minimum absolute atomic E-state index is 0.00165. The number of carbonyl (C=O) groups is 1. The molecule has 1 amide bonds. The van der Waals surface area contributed by atoms with Crippen molar-refractivity contribution in [3.63, 3.8) is 0 Å². The van der Waals surface area contributed by atoms with Crippen molar-refractivity contribution in [2.24, 2.45) is 0 Å². The first-order chi connectivity index (χ1) is 12.9. The summed E-state index contributed by atoms with van der Waals surface area (Å²) in [4.78, 5) is 12.2. The molecule has 27 heavy (non-hydrogen) atoms. The molecule has 146 valence electrons. The van der Waals surface area contributed by atoms with Crippen molar-refractivity contribution in [2.75, 3.05) is 23.6 Å². The second-order valence-electron chi connectivity index (χ2n) is 5.98. The highest BCUT2D eigenvalue weighted by molar-refractivity contribution is 7.92. The Hall–Kier alpha value is -2.54. The van der Waals surface area contributed by atoms with Gasteiger partial charge in [0.15, 0.2) is 0 Å². The summed E-state index contributed by atoms with van der Waals surface area (Å²) in [6, 6.07) is 14.3. The van der Waals surface area contributed by atoms with Crippen LogP contribution in [-0.2, 0) is 16.4 Å². The summed E-state index contributed by atoms with van der Waals surface area (Å²) in [6.45, 7) is 4.69. The largest absolute Gasteiger partial charge is 0.494 e. The fraction of sp³-hybridized carbons (Fsp3) is 0.350. The van der Waals surface area contributed by atoms with Gasteiger partial charge in [0.1, 0.15) is 5.75 Å². The minimum atomic E-state index is -3.32. The lowest BCUT2D eigenvalue weighted by atomic mass is 10.1. The van der Waals surface area contributed by atoms with Gasteiger partial charge < -0.3 is 10.1 Å². The zero-order valence-corrected chi connectivity index (χ0v) is 16.5. The van der Waals surface area contributed by atoms with Crippen molar-refractivity contribution < 1.29 is 17.9 Å². The summed E-state index contributed by atoms with van der Waals surface area (Å²) in [7, 11) is -3.32. The molecule has 0 aliphatic heterocycles. The van der Waals surface area contributed by atoms with Gasteiger partial charge in [-0.15, -0.1) is 0 Å². The van der Waals surface area contributed by atoms with E-state index in [1.807, 2.05) is 31.2 Å². The molecule has 0 aromatic heterocycles. The fourth-order valence-corrected chi connectivity index (χ4v) is 3.17. The summed E-state index contributed by atoms with van der Waals surface area (Å²) >= 11 is 0. The highest BCUT2D eigenvalue weighted by Gasteiger charge is 2.09. The lowest BCUT2D eigenvalue weighted by molar-refractivity contribution is 0.0953. The number of hydrogen-bond donors (Lipinski definition) is 2. The van der Waals surface area contributed by atoms with Crippen LogP contribution in [0.5, 0.6) is 5.75 Å². The number of amides is 1. The maximum absolute atomic E-state index is 12.2. The van der Waals surface area contributed by atoms with Gasteiger partial charge in [0.25, 0.3) is 5.91 Å². The van der Waals surface area contributed by atoms with Gasteiger partial charge in [-0.3, -0.25) is 9.52 Å². The molecule has 0 fully saturated rings. The monoisotopic (exact) mass is 390 g/mol. The number of para-hydroxylation sites is 1. The third-order valence-corrected chi connectivity index (χ3v) is 5.29. The van der Waals surface area contributed by atoms with Crippen LogP contribution in [0.3, 0.4) is 0 Å². The number of anilines is 1.